The Labute approximate surface area is 173 Å². The van der Waals surface area contributed by atoms with E-state index in [1.165, 1.54) is 18.3 Å². The highest BCUT2D eigenvalue weighted by Gasteiger charge is 2.17. The molecule has 0 aliphatic rings. The average molecular weight is 406 g/mol. The van der Waals surface area contributed by atoms with E-state index >= 15 is 0 Å². The second-order valence-electron chi connectivity index (χ2n) is 6.94. The van der Waals surface area contributed by atoms with E-state index < -0.39 is 16.9 Å². The van der Waals surface area contributed by atoms with Crippen LogP contribution in [0.5, 0.6) is 0 Å². The third-order valence-electron chi connectivity index (χ3n) is 4.86. The first-order chi connectivity index (χ1) is 14.3. The van der Waals surface area contributed by atoms with E-state index in [-0.39, 0.29) is 5.69 Å². The Morgan fingerprint density at radius 2 is 1.87 bits per heavy atom. The third kappa shape index (κ3) is 4.28. The molecule has 3 rings (SSSR count). The van der Waals surface area contributed by atoms with Crippen LogP contribution in [0.1, 0.15) is 34.2 Å². The van der Waals surface area contributed by atoms with Gasteiger partial charge in [0.2, 0.25) is 0 Å². The van der Waals surface area contributed by atoms with E-state index in [1.807, 2.05) is 31.4 Å². The number of rotatable bonds is 6. The molecule has 3 aromatic rings. The van der Waals surface area contributed by atoms with Gasteiger partial charge in [-0.2, -0.15) is 5.10 Å². The minimum Gasteiger partial charge on any atom is -0.378 e. The molecule has 0 saturated carbocycles. The molecule has 8 heteroatoms. The van der Waals surface area contributed by atoms with Gasteiger partial charge in [-0.3, -0.25) is 14.9 Å². The number of aliphatic hydroxyl groups excluding tert-OH is 1. The van der Waals surface area contributed by atoms with Gasteiger partial charge in [0.05, 0.1) is 16.8 Å². The number of hydrogen-bond acceptors (Lipinski definition) is 5. The van der Waals surface area contributed by atoms with Crippen molar-refractivity contribution >= 4 is 17.8 Å². The number of carbonyl (C=O) groups is 1. The summed E-state index contributed by atoms with van der Waals surface area (Å²) in [6.45, 7) is 5.64. The maximum Gasteiger partial charge on any atom is 0.273 e. The van der Waals surface area contributed by atoms with Crippen molar-refractivity contribution in [1.29, 1.82) is 0 Å². The number of aliphatic hydroxyl groups is 1. The van der Waals surface area contributed by atoms with Gasteiger partial charge >= 0.3 is 0 Å². The van der Waals surface area contributed by atoms with Crippen molar-refractivity contribution in [3.05, 3.63) is 92.8 Å². The van der Waals surface area contributed by atoms with Gasteiger partial charge < -0.3 is 9.67 Å². The fourth-order valence-electron chi connectivity index (χ4n) is 3.25. The maximum atomic E-state index is 12.1. The van der Waals surface area contributed by atoms with Crippen molar-refractivity contribution in [3.8, 4) is 5.69 Å². The molecule has 1 atom stereocenters. The standard InChI is InChI=1S/C22H22N4O4/c1-14-9-10-19(26(29)30)12-20(14)25-15(2)11-18(16(25)3)13-23-24-22(28)21(27)17-7-5-4-6-8-17/h4-13,21,27H,1-3H3,(H,24,28)/b23-13-/t21-/m1/s1. The van der Waals surface area contributed by atoms with E-state index in [9.17, 15) is 20.0 Å². The van der Waals surface area contributed by atoms with Crippen LogP contribution in [0.4, 0.5) is 5.69 Å². The first kappa shape index (κ1) is 20.9. The van der Waals surface area contributed by atoms with Crippen molar-refractivity contribution < 1.29 is 14.8 Å². The second kappa shape index (κ2) is 8.71. The molecule has 0 bridgehead atoms. The summed E-state index contributed by atoms with van der Waals surface area (Å²) in [5, 5.41) is 25.2. The van der Waals surface area contributed by atoms with Gasteiger partial charge in [-0.25, -0.2) is 5.43 Å². The molecule has 2 aromatic carbocycles. The zero-order valence-electron chi connectivity index (χ0n) is 16.9. The minimum absolute atomic E-state index is 0.0143. The fraction of sp³-hybridized carbons (Fsp3) is 0.182. The molecule has 1 heterocycles. The Bertz CT molecular complexity index is 1120. The van der Waals surface area contributed by atoms with Crippen molar-refractivity contribution in [2.45, 2.75) is 26.9 Å². The summed E-state index contributed by atoms with van der Waals surface area (Å²) in [5.74, 6) is -0.638. The summed E-state index contributed by atoms with van der Waals surface area (Å²) >= 11 is 0. The zero-order valence-corrected chi connectivity index (χ0v) is 16.9. The van der Waals surface area contributed by atoms with Gasteiger partial charge in [0, 0.05) is 29.1 Å². The molecule has 1 amide bonds. The van der Waals surface area contributed by atoms with Crippen LogP contribution in [-0.2, 0) is 4.79 Å². The predicted molar refractivity (Wildman–Crippen MR) is 114 cm³/mol. The largest absolute Gasteiger partial charge is 0.378 e. The number of aromatic nitrogens is 1. The number of nitrogens with zero attached hydrogens (tertiary/aromatic N) is 3. The number of amides is 1. The summed E-state index contributed by atoms with van der Waals surface area (Å²) in [6, 6.07) is 15.2. The molecule has 0 aliphatic heterocycles. The average Bonchev–Trinajstić information content (AvgIpc) is 3.01. The van der Waals surface area contributed by atoms with Crippen LogP contribution in [0.2, 0.25) is 0 Å². The van der Waals surface area contributed by atoms with E-state index in [2.05, 4.69) is 10.5 Å². The second-order valence-corrected chi connectivity index (χ2v) is 6.94. The number of nitro benzene ring substituents is 1. The summed E-state index contributed by atoms with van der Waals surface area (Å²) < 4.78 is 1.91. The van der Waals surface area contributed by atoms with Crippen LogP contribution in [0, 0.1) is 30.9 Å². The molecule has 0 spiro atoms. The minimum atomic E-state index is -1.32. The maximum absolute atomic E-state index is 12.1. The van der Waals surface area contributed by atoms with Gasteiger partial charge in [0.15, 0.2) is 6.10 Å². The van der Waals surface area contributed by atoms with Crippen LogP contribution in [-0.4, -0.2) is 26.7 Å². The Hall–Kier alpha value is -3.78. The summed E-state index contributed by atoms with van der Waals surface area (Å²) in [4.78, 5) is 22.8. The predicted octanol–water partition coefficient (Wildman–Crippen LogP) is 3.49. The van der Waals surface area contributed by atoms with Gasteiger partial charge in [0.25, 0.3) is 11.6 Å². The van der Waals surface area contributed by atoms with E-state index in [0.29, 0.717) is 11.3 Å². The molecule has 1 aromatic heterocycles. The monoisotopic (exact) mass is 406 g/mol. The van der Waals surface area contributed by atoms with Crippen LogP contribution < -0.4 is 5.43 Å². The summed E-state index contributed by atoms with van der Waals surface area (Å²) in [7, 11) is 0. The van der Waals surface area contributed by atoms with E-state index in [0.717, 1.165) is 22.5 Å². The van der Waals surface area contributed by atoms with Crippen LogP contribution in [0.3, 0.4) is 0 Å². The Balaban J connectivity index is 1.82. The van der Waals surface area contributed by atoms with Gasteiger partial charge in [-0.05, 0) is 38.0 Å². The lowest BCUT2D eigenvalue weighted by Gasteiger charge is -2.12. The number of nitrogens with one attached hydrogen (secondary N) is 1. The van der Waals surface area contributed by atoms with Crippen molar-refractivity contribution in [1.82, 2.24) is 9.99 Å². The SMILES string of the molecule is Cc1ccc([N+](=O)[O-])cc1-n1c(C)cc(/C=N\NC(=O)[C@H](O)c2ccccc2)c1C. The number of carbonyl (C=O) groups excluding carboxylic acids is 1. The molecule has 2 N–H and O–H groups in total. The van der Waals surface area contributed by atoms with Crippen molar-refractivity contribution in [3.63, 3.8) is 0 Å². The lowest BCUT2D eigenvalue weighted by molar-refractivity contribution is -0.384. The lowest BCUT2D eigenvalue weighted by atomic mass is 10.1. The first-order valence-corrected chi connectivity index (χ1v) is 9.30. The number of hydrogen-bond donors (Lipinski definition) is 2. The van der Waals surface area contributed by atoms with E-state index in [1.54, 1.807) is 36.4 Å². The van der Waals surface area contributed by atoms with E-state index in [4.69, 9.17) is 0 Å². The molecule has 0 fully saturated rings. The number of hydrazone groups is 1. The van der Waals surface area contributed by atoms with Crippen LogP contribution >= 0.6 is 0 Å². The Kier molecular flexibility index (Phi) is 6.08. The highest BCUT2D eigenvalue weighted by Crippen LogP contribution is 2.26. The topological polar surface area (TPSA) is 110 Å². The third-order valence-corrected chi connectivity index (χ3v) is 4.86. The number of nitro groups is 1. The zero-order chi connectivity index (χ0) is 21.8. The van der Waals surface area contributed by atoms with Gasteiger partial charge in [-0.15, -0.1) is 0 Å². The molecule has 0 radical (unpaired) electrons. The number of benzene rings is 2. The molecule has 154 valence electrons. The van der Waals surface area contributed by atoms with Crippen LogP contribution in [0.25, 0.3) is 5.69 Å². The van der Waals surface area contributed by atoms with Crippen LogP contribution in [0.15, 0.2) is 59.7 Å². The van der Waals surface area contributed by atoms with Crippen molar-refractivity contribution in [2.75, 3.05) is 0 Å². The van der Waals surface area contributed by atoms with Gasteiger partial charge in [0.1, 0.15) is 0 Å². The number of aryl methyl sites for hydroxylation is 2. The quantitative estimate of drug-likeness (QED) is 0.371. The summed E-state index contributed by atoms with van der Waals surface area (Å²) in [5.41, 5.74) is 6.87. The molecular weight excluding hydrogens is 384 g/mol. The highest BCUT2D eigenvalue weighted by atomic mass is 16.6. The molecule has 8 nitrogen and oxygen atoms in total. The molecule has 0 aliphatic carbocycles. The summed E-state index contributed by atoms with van der Waals surface area (Å²) in [6.07, 6.45) is 0.171. The first-order valence-electron chi connectivity index (χ1n) is 9.30. The molecule has 0 saturated heterocycles. The molecular formula is C22H22N4O4. The van der Waals surface area contributed by atoms with Crippen molar-refractivity contribution in [2.24, 2.45) is 5.10 Å². The highest BCUT2D eigenvalue weighted by molar-refractivity contribution is 5.86. The lowest BCUT2D eigenvalue weighted by Crippen LogP contribution is -2.25. The Morgan fingerprint density at radius 3 is 2.53 bits per heavy atom. The Morgan fingerprint density at radius 1 is 1.17 bits per heavy atom. The molecule has 0 unspecified atom stereocenters. The van der Waals surface area contributed by atoms with Gasteiger partial charge in [-0.1, -0.05) is 36.4 Å². The fourth-order valence-corrected chi connectivity index (χ4v) is 3.25. The molecule has 30 heavy (non-hydrogen) atoms. The normalized spacial score (nSPS) is 12.1. The smallest absolute Gasteiger partial charge is 0.273 e. The number of non-ortho nitro benzene ring substituents is 1.